The Bertz CT molecular complexity index is 289. The number of hydrogen-bond donors (Lipinski definition) is 0. The fourth-order valence-electron chi connectivity index (χ4n) is 1.27. The second-order valence-electron chi connectivity index (χ2n) is 3.79. The van der Waals surface area contributed by atoms with Gasteiger partial charge in [0.15, 0.2) is 0 Å². The molecule has 0 saturated heterocycles. The summed E-state index contributed by atoms with van der Waals surface area (Å²) in [5, 5.41) is 0. The Morgan fingerprint density at radius 1 is 1.20 bits per heavy atom. The third-order valence-electron chi connectivity index (χ3n) is 2.09. The number of ether oxygens (including phenoxy) is 1. The van der Waals surface area contributed by atoms with E-state index < -0.39 is 0 Å². The summed E-state index contributed by atoms with van der Waals surface area (Å²) >= 11 is 3.46. The summed E-state index contributed by atoms with van der Waals surface area (Å²) in [7, 11) is 4.18. The van der Waals surface area contributed by atoms with E-state index in [1.807, 2.05) is 24.3 Å². The van der Waals surface area contributed by atoms with Crippen LogP contribution in [-0.4, -0.2) is 32.1 Å². The number of hydrogen-bond acceptors (Lipinski definition) is 2. The maximum absolute atomic E-state index is 5.65. The topological polar surface area (TPSA) is 12.5 Å². The van der Waals surface area contributed by atoms with Crippen LogP contribution in [0.4, 0.5) is 0 Å². The zero-order valence-electron chi connectivity index (χ0n) is 9.37. The summed E-state index contributed by atoms with van der Waals surface area (Å²) in [6, 6.07) is 7.95. The molecule has 0 atom stereocenters. The zero-order valence-corrected chi connectivity index (χ0v) is 11.0. The summed E-state index contributed by atoms with van der Waals surface area (Å²) in [5.74, 6) is 0.933. The molecule has 84 valence electrons. The molecule has 0 amide bonds. The average Bonchev–Trinajstić information content (AvgIpc) is 2.20. The van der Waals surface area contributed by atoms with E-state index in [0.717, 1.165) is 29.8 Å². The van der Waals surface area contributed by atoms with Crippen molar-refractivity contribution in [3.05, 3.63) is 28.7 Å². The summed E-state index contributed by atoms with van der Waals surface area (Å²) in [6.45, 7) is 1.91. The molecule has 15 heavy (non-hydrogen) atoms. The Balaban J connectivity index is 2.18. The monoisotopic (exact) mass is 271 g/mol. The smallest absolute Gasteiger partial charge is 0.133 e. The molecule has 1 aromatic rings. The number of para-hydroxylation sites is 1. The molecule has 0 spiro atoms. The molecule has 0 aliphatic rings. The molecule has 0 aliphatic heterocycles. The van der Waals surface area contributed by atoms with Crippen LogP contribution >= 0.6 is 15.9 Å². The third kappa shape index (κ3) is 5.19. The Kier molecular flexibility index (Phi) is 5.73. The Labute approximate surface area is 100 Å². The van der Waals surface area contributed by atoms with Gasteiger partial charge in [-0.05, 0) is 61.5 Å². The van der Waals surface area contributed by atoms with E-state index in [1.165, 1.54) is 6.42 Å². The lowest BCUT2D eigenvalue weighted by molar-refractivity contribution is 0.291. The normalized spacial score (nSPS) is 10.7. The van der Waals surface area contributed by atoms with Crippen LogP contribution in [0.25, 0.3) is 0 Å². The fourth-order valence-corrected chi connectivity index (χ4v) is 1.67. The minimum atomic E-state index is 0.788. The summed E-state index contributed by atoms with van der Waals surface area (Å²) in [6.07, 6.45) is 2.27. The zero-order chi connectivity index (χ0) is 11.1. The largest absolute Gasteiger partial charge is 0.492 e. The van der Waals surface area contributed by atoms with Crippen molar-refractivity contribution in [2.45, 2.75) is 12.8 Å². The van der Waals surface area contributed by atoms with Crippen LogP contribution in [0.15, 0.2) is 28.7 Å². The standard InChI is InChI=1S/C12H18BrNO/c1-14(2)9-5-6-10-15-12-8-4-3-7-11(12)13/h3-4,7-8H,5-6,9-10H2,1-2H3. The third-order valence-corrected chi connectivity index (χ3v) is 2.75. The molecule has 0 N–H and O–H groups in total. The summed E-state index contributed by atoms with van der Waals surface area (Å²) in [4.78, 5) is 2.19. The predicted molar refractivity (Wildman–Crippen MR) is 67.4 cm³/mol. The highest BCUT2D eigenvalue weighted by atomic mass is 79.9. The van der Waals surface area contributed by atoms with Gasteiger partial charge in [0.25, 0.3) is 0 Å². The minimum Gasteiger partial charge on any atom is -0.492 e. The number of halogens is 1. The van der Waals surface area contributed by atoms with E-state index in [0.29, 0.717) is 0 Å². The Morgan fingerprint density at radius 2 is 1.93 bits per heavy atom. The molecule has 0 heterocycles. The van der Waals surface area contributed by atoms with E-state index in [2.05, 4.69) is 34.9 Å². The SMILES string of the molecule is CN(C)CCCCOc1ccccc1Br. The van der Waals surface area contributed by atoms with Crippen LogP contribution < -0.4 is 4.74 Å². The first-order valence-electron chi connectivity index (χ1n) is 5.22. The van der Waals surface area contributed by atoms with Gasteiger partial charge >= 0.3 is 0 Å². The van der Waals surface area contributed by atoms with Gasteiger partial charge in [0.05, 0.1) is 11.1 Å². The van der Waals surface area contributed by atoms with E-state index in [4.69, 9.17) is 4.74 Å². The minimum absolute atomic E-state index is 0.788. The van der Waals surface area contributed by atoms with Gasteiger partial charge in [-0.25, -0.2) is 0 Å². The molecule has 0 saturated carbocycles. The molecule has 3 heteroatoms. The van der Waals surface area contributed by atoms with Crippen molar-refractivity contribution in [3.63, 3.8) is 0 Å². The fraction of sp³-hybridized carbons (Fsp3) is 0.500. The quantitative estimate of drug-likeness (QED) is 0.737. The van der Waals surface area contributed by atoms with Gasteiger partial charge < -0.3 is 9.64 Å². The van der Waals surface area contributed by atoms with Gasteiger partial charge in [-0.1, -0.05) is 12.1 Å². The molecule has 0 aliphatic carbocycles. The molecule has 2 nitrogen and oxygen atoms in total. The molecular weight excluding hydrogens is 254 g/mol. The number of nitrogens with zero attached hydrogens (tertiary/aromatic N) is 1. The van der Waals surface area contributed by atoms with Crippen molar-refractivity contribution < 1.29 is 4.74 Å². The van der Waals surface area contributed by atoms with Crippen molar-refractivity contribution in [2.24, 2.45) is 0 Å². The van der Waals surface area contributed by atoms with E-state index in [9.17, 15) is 0 Å². The molecule has 0 radical (unpaired) electrons. The van der Waals surface area contributed by atoms with Crippen LogP contribution in [0.2, 0.25) is 0 Å². The molecule has 0 bridgehead atoms. The predicted octanol–water partition coefficient (Wildman–Crippen LogP) is 3.17. The van der Waals surface area contributed by atoms with Crippen molar-refractivity contribution in [2.75, 3.05) is 27.2 Å². The molecular formula is C12H18BrNO. The van der Waals surface area contributed by atoms with E-state index >= 15 is 0 Å². The molecule has 0 aromatic heterocycles. The highest BCUT2D eigenvalue weighted by molar-refractivity contribution is 9.10. The molecule has 0 fully saturated rings. The molecule has 0 unspecified atom stereocenters. The number of rotatable bonds is 6. The van der Waals surface area contributed by atoms with E-state index in [1.54, 1.807) is 0 Å². The van der Waals surface area contributed by atoms with Crippen LogP contribution in [0.1, 0.15) is 12.8 Å². The van der Waals surface area contributed by atoms with Gasteiger partial charge in [0.2, 0.25) is 0 Å². The van der Waals surface area contributed by atoms with Crippen LogP contribution in [0.3, 0.4) is 0 Å². The van der Waals surface area contributed by atoms with Crippen LogP contribution in [-0.2, 0) is 0 Å². The summed E-state index contributed by atoms with van der Waals surface area (Å²) in [5.41, 5.74) is 0. The lowest BCUT2D eigenvalue weighted by Crippen LogP contribution is -2.13. The molecule has 1 rings (SSSR count). The van der Waals surface area contributed by atoms with Gasteiger partial charge in [0, 0.05) is 0 Å². The van der Waals surface area contributed by atoms with Crippen molar-refractivity contribution in [3.8, 4) is 5.75 Å². The van der Waals surface area contributed by atoms with Crippen LogP contribution in [0.5, 0.6) is 5.75 Å². The highest BCUT2D eigenvalue weighted by Crippen LogP contribution is 2.23. The summed E-state index contributed by atoms with van der Waals surface area (Å²) < 4.78 is 6.68. The van der Waals surface area contributed by atoms with Crippen molar-refractivity contribution >= 4 is 15.9 Å². The lowest BCUT2D eigenvalue weighted by Gasteiger charge is -2.10. The molecule has 1 aromatic carbocycles. The second-order valence-corrected chi connectivity index (χ2v) is 4.64. The average molecular weight is 272 g/mol. The first-order chi connectivity index (χ1) is 7.20. The van der Waals surface area contributed by atoms with Crippen molar-refractivity contribution in [1.29, 1.82) is 0 Å². The van der Waals surface area contributed by atoms with Gasteiger partial charge in [0.1, 0.15) is 5.75 Å². The van der Waals surface area contributed by atoms with Gasteiger partial charge in [-0.2, -0.15) is 0 Å². The van der Waals surface area contributed by atoms with E-state index in [-0.39, 0.29) is 0 Å². The first kappa shape index (κ1) is 12.5. The Morgan fingerprint density at radius 3 is 2.60 bits per heavy atom. The Hall–Kier alpha value is -0.540. The second kappa shape index (κ2) is 6.85. The number of benzene rings is 1. The van der Waals surface area contributed by atoms with Crippen molar-refractivity contribution in [1.82, 2.24) is 4.90 Å². The maximum Gasteiger partial charge on any atom is 0.133 e. The maximum atomic E-state index is 5.65. The van der Waals surface area contributed by atoms with Crippen LogP contribution in [0, 0.1) is 0 Å². The lowest BCUT2D eigenvalue weighted by atomic mass is 10.3. The first-order valence-corrected chi connectivity index (χ1v) is 6.01. The van der Waals surface area contributed by atoms with Gasteiger partial charge in [-0.3, -0.25) is 0 Å². The van der Waals surface area contributed by atoms with Gasteiger partial charge in [-0.15, -0.1) is 0 Å². The highest BCUT2D eigenvalue weighted by Gasteiger charge is 1.98. The number of unbranched alkanes of at least 4 members (excludes halogenated alkanes) is 1.